The third kappa shape index (κ3) is 7.69. The number of carbonyl (C=O) groups is 1. The second-order valence-electron chi connectivity index (χ2n) is 10.0. The summed E-state index contributed by atoms with van der Waals surface area (Å²) in [6, 6.07) is 13.1. The summed E-state index contributed by atoms with van der Waals surface area (Å²) < 4.78 is 44.3. The van der Waals surface area contributed by atoms with Crippen molar-refractivity contribution < 1.29 is 22.7 Å². The molecule has 2 aliphatic heterocycles. The molecule has 2 aromatic rings. The standard InChI is InChI=1S/C28H35ClF3N3O2/c1-33(18-21-8-10-23(11-9-21)28(30,31)32)26-20-35(19-25(26)22-5-4-6-24(29)17-22)27(36)7-2-3-12-34-13-15-37-16-14-34/h4-6,8-11,17,25-26H,2-3,7,12-16,18-20H2,1H3. The number of amides is 1. The van der Waals surface area contributed by atoms with E-state index in [1.165, 1.54) is 12.1 Å². The number of likely N-dealkylation sites (N-methyl/N-ethyl adjacent to an activating group) is 1. The van der Waals surface area contributed by atoms with Gasteiger partial charge in [0.2, 0.25) is 5.91 Å². The van der Waals surface area contributed by atoms with Crippen LogP contribution >= 0.6 is 11.6 Å². The van der Waals surface area contributed by atoms with Crippen LogP contribution in [0.2, 0.25) is 5.02 Å². The Kier molecular flexibility index (Phi) is 9.51. The van der Waals surface area contributed by atoms with Gasteiger partial charge >= 0.3 is 6.18 Å². The maximum atomic E-state index is 13.1. The first kappa shape index (κ1) is 27.9. The number of likely N-dealkylation sites (tertiary alicyclic amines) is 1. The van der Waals surface area contributed by atoms with Crippen LogP contribution in [0.5, 0.6) is 0 Å². The molecule has 5 nitrogen and oxygen atoms in total. The van der Waals surface area contributed by atoms with Gasteiger partial charge in [-0.05, 0) is 61.8 Å². The number of halogens is 4. The molecule has 0 aromatic heterocycles. The molecule has 0 bridgehead atoms. The number of rotatable bonds is 9. The van der Waals surface area contributed by atoms with Crippen LogP contribution in [0.25, 0.3) is 0 Å². The van der Waals surface area contributed by atoms with E-state index in [1.54, 1.807) is 0 Å². The van der Waals surface area contributed by atoms with Crippen LogP contribution in [-0.2, 0) is 22.3 Å². The lowest BCUT2D eigenvalue weighted by Gasteiger charge is -2.29. The number of unbranched alkanes of at least 4 members (excludes halogenated alkanes) is 1. The Morgan fingerprint density at radius 3 is 2.49 bits per heavy atom. The minimum atomic E-state index is -4.35. The summed E-state index contributed by atoms with van der Waals surface area (Å²) in [4.78, 5) is 19.6. The van der Waals surface area contributed by atoms with Crippen molar-refractivity contribution in [2.75, 3.05) is 53.0 Å². The van der Waals surface area contributed by atoms with Gasteiger partial charge in [0.05, 0.1) is 18.8 Å². The van der Waals surface area contributed by atoms with Crippen LogP contribution in [0, 0.1) is 0 Å². The highest BCUT2D eigenvalue weighted by atomic mass is 35.5. The second-order valence-corrected chi connectivity index (χ2v) is 10.5. The molecule has 9 heteroatoms. The van der Waals surface area contributed by atoms with Gasteiger partial charge in [-0.25, -0.2) is 0 Å². The van der Waals surface area contributed by atoms with Crippen LogP contribution in [-0.4, -0.2) is 79.6 Å². The summed E-state index contributed by atoms with van der Waals surface area (Å²) >= 11 is 6.28. The highest BCUT2D eigenvalue weighted by Gasteiger charge is 2.38. The fraction of sp³-hybridized carbons (Fsp3) is 0.536. The number of benzene rings is 2. The third-order valence-electron chi connectivity index (χ3n) is 7.42. The second kappa shape index (κ2) is 12.6. The van der Waals surface area contributed by atoms with Crippen molar-refractivity contribution in [1.29, 1.82) is 0 Å². The smallest absolute Gasteiger partial charge is 0.379 e. The average Bonchev–Trinajstić information content (AvgIpc) is 3.33. The molecule has 0 spiro atoms. The summed E-state index contributed by atoms with van der Waals surface area (Å²) in [5, 5.41) is 0.648. The largest absolute Gasteiger partial charge is 0.416 e. The Morgan fingerprint density at radius 1 is 1.08 bits per heavy atom. The first-order chi connectivity index (χ1) is 17.7. The van der Waals surface area contributed by atoms with Crippen LogP contribution in [0.15, 0.2) is 48.5 Å². The number of hydrogen-bond acceptors (Lipinski definition) is 4. The highest BCUT2D eigenvalue weighted by Crippen LogP contribution is 2.34. The summed E-state index contributed by atoms with van der Waals surface area (Å²) in [5.74, 6) is 0.217. The van der Waals surface area contributed by atoms with Crippen molar-refractivity contribution in [3.05, 3.63) is 70.2 Å². The van der Waals surface area contributed by atoms with Gasteiger partial charge in [-0.15, -0.1) is 0 Å². The Hall–Kier alpha value is -2.13. The van der Waals surface area contributed by atoms with Crippen molar-refractivity contribution in [2.24, 2.45) is 0 Å². The lowest BCUT2D eigenvalue weighted by Crippen LogP contribution is -2.38. The van der Waals surface area contributed by atoms with E-state index in [9.17, 15) is 18.0 Å². The number of hydrogen-bond donors (Lipinski definition) is 0. The molecule has 2 atom stereocenters. The van der Waals surface area contributed by atoms with E-state index < -0.39 is 11.7 Å². The number of alkyl halides is 3. The Bertz CT molecular complexity index is 1030. The van der Waals surface area contributed by atoms with Crippen LogP contribution in [0.4, 0.5) is 13.2 Å². The fourth-order valence-corrected chi connectivity index (χ4v) is 5.50. The predicted molar refractivity (Wildman–Crippen MR) is 139 cm³/mol. The third-order valence-corrected chi connectivity index (χ3v) is 7.65. The van der Waals surface area contributed by atoms with Crippen LogP contribution in [0.1, 0.15) is 41.9 Å². The summed E-state index contributed by atoms with van der Waals surface area (Å²) in [6.07, 6.45) is -2.01. The van der Waals surface area contributed by atoms with Crippen LogP contribution < -0.4 is 0 Å². The zero-order valence-electron chi connectivity index (χ0n) is 21.2. The quantitative estimate of drug-likeness (QED) is 0.407. The molecule has 1 amide bonds. The molecular weight excluding hydrogens is 503 g/mol. The molecule has 2 unspecified atom stereocenters. The monoisotopic (exact) mass is 537 g/mol. The van der Waals surface area contributed by atoms with E-state index >= 15 is 0 Å². The van der Waals surface area contributed by atoms with Gasteiger partial charge in [-0.3, -0.25) is 14.6 Å². The van der Waals surface area contributed by atoms with Crippen molar-refractivity contribution in [3.63, 3.8) is 0 Å². The lowest BCUT2D eigenvalue weighted by molar-refractivity contribution is -0.137. The number of nitrogens with zero attached hydrogens (tertiary/aromatic N) is 3. The molecule has 0 N–H and O–H groups in total. The normalized spacial score (nSPS) is 21.1. The molecule has 0 radical (unpaired) electrons. The van der Waals surface area contributed by atoms with Crippen LogP contribution in [0.3, 0.4) is 0 Å². The zero-order chi connectivity index (χ0) is 26.4. The van der Waals surface area contributed by atoms with Crippen molar-refractivity contribution >= 4 is 17.5 Å². The highest BCUT2D eigenvalue weighted by molar-refractivity contribution is 6.30. The minimum Gasteiger partial charge on any atom is -0.379 e. The molecule has 2 heterocycles. The summed E-state index contributed by atoms with van der Waals surface area (Å²) in [5.41, 5.74) is 1.22. The van der Waals surface area contributed by atoms with Crippen molar-refractivity contribution in [2.45, 2.75) is 43.9 Å². The number of carbonyl (C=O) groups excluding carboxylic acids is 1. The molecule has 2 saturated heterocycles. The number of morpholine rings is 1. The van der Waals surface area contributed by atoms with Gasteiger partial charge in [0.15, 0.2) is 0 Å². The van der Waals surface area contributed by atoms with Gasteiger partial charge in [0, 0.05) is 56.1 Å². The predicted octanol–water partition coefficient (Wildman–Crippen LogP) is 5.29. The first-order valence-corrected chi connectivity index (χ1v) is 13.3. The molecule has 2 fully saturated rings. The Balaban J connectivity index is 1.38. The maximum absolute atomic E-state index is 13.1. The molecule has 202 valence electrons. The molecule has 2 aromatic carbocycles. The summed E-state index contributed by atoms with van der Waals surface area (Å²) in [6.45, 7) is 6.11. The van der Waals surface area contributed by atoms with E-state index in [1.807, 2.05) is 36.2 Å². The van der Waals surface area contributed by atoms with Gasteiger partial charge in [0.25, 0.3) is 0 Å². The molecule has 37 heavy (non-hydrogen) atoms. The van der Waals surface area contributed by atoms with E-state index in [-0.39, 0.29) is 17.9 Å². The molecule has 2 aliphatic rings. The fourth-order valence-electron chi connectivity index (χ4n) is 5.30. The summed E-state index contributed by atoms with van der Waals surface area (Å²) in [7, 11) is 1.97. The SMILES string of the molecule is CN(Cc1ccc(C(F)(F)F)cc1)C1CN(C(=O)CCCCN2CCOCC2)CC1c1cccc(Cl)c1. The Morgan fingerprint density at radius 2 is 1.81 bits per heavy atom. The van der Waals surface area contributed by atoms with Crippen molar-refractivity contribution in [3.8, 4) is 0 Å². The van der Waals surface area contributed by atoms with Crippen molar-refractivity contribution in [1.82, 2.24) is 14.7 Å². The molecule has 0 saturated carbocycles. The zero-order valence-corrected chi connectivity index (χ0v) is 22.0. The maximum Gasteiger partial charge on any atom is 0.416 e. The van der Waals surface area contributed by atoms with E-state index in [0.29, 0.717) is 31.1 Å². The average molecular weight is 538 g/mol. The van der Waals surface area contributed by atoms with E-state index in [2.05, 4.69) is 9.80 Å². The molecular formula is C28H35ClF3N3O2. The van der Waals surface area contributed by atoms with E-state index in [0.717, 1.165) is 68.9 Å². The van der Waals surface area contributed by atoms with E-state index in [4.69, 9.17) is 16.3 Å². The van der Waals surface area contributed by atoms with Gasteiger partial charge < -0.3 is 9.64 Å². The number of ether oxygens (including phenoxy) is 1. The van der Waals surface area contributed by atoms with Gasteiger partial charge in [-0.1, -0.05) is 35.9 Å². The Labute approximate surface area is 222 Å². The minimum absolute atomic E-state index is 0.0260. The first-order valence-electron chi connectivity index (χ1n) is 12.9. The van der Waals surface area contributed by atoms with Gasteiger partial charge in [0.1, 0.15) is 0 Å². The lowest BCUT2D eigenvalue weighted by atomic mass is 9.93. The molecule has 0 aliphatic carbocycles. The van der Waals surface area contributed by atoms with Gasteiger partial charge in [-0.2, -0.15) is 13.2 Å². The topological polar surface area (TPSA) is 36.0 Å². The molecule has 4 rings (SSSR count).